The largest absolute Gasteiger partial charge is 0.381 e. The fraction of sp³-hybridized carbons (Fsp3) is 0.143. The van der Waals surface area contributed by atoms with E-state index in [1.54, 1.807) is 13.0 Å². The standard InChI is InChI=1S/C14H11F3N2O2/c1-8-2-10(15)5-11(3-8)18-7-9-4-14(19(20)21)13(17)6-12(9)16/h2-6,18H,7H2,1H3. The van der Waals surface area contributed by atoms with Crippen molar-refractivity contribution < 1.29 is 18.1 Å². The molecule has 2 rings (SSSR count). The minimum atomic E-state index is -1.23. The van der Waals surface area contributed by atoms with E-state index in [2.05, 4.69) is 5.32 Å². The molecule has 0 fully saturated rings. The van der Waals surface area contributed by atoms with E-state index in [4.69, 9.17) is 0 Å². The van der Waals surface area contributed by atoms with Gasteiger partial charge in [0.2, 0.25) is 5.82 Å². The van der Waals surface area contributed by atoms with Crippen LogP contribution in [-0.2, 0) is 6.54 Å². The second-order valence-electron chi connectivity index (χ2n) is 4.52. The lowest BCUT2D eigenvalue weighted by molar-refractivity contribution is -0.387. The Bertz CT molecular complexity index is 685. The molecule has 0 radical (unpaired) electrons. The molecule has 0 saturated carbocycles. The van der Waals surface area contributed by atoms with Crippen molar-refractivity contribution in [3.05, 3.63) is 69.0 Å². The first-order chi connectivity index (χ1) is 9.86. The van der Waals surface area contributed by atoms with E-state index in [1.165, 1.54) is 12.1 Å². The van der Waals surface area contributed by atoms with Crippen LogP contribution in [-0.4, -0.2) is 4.92 Å². The number of nitro benzene ring substituents is 1. The van der Waals surface area contributed by atoms with Gasteiger partial charge < -0.3 is 5.32 Å². The molecule has 7 heteroatoms. The van der Waals surface area contributed by atoms with Crippen LogP contribution in [0.4, 0.5) is 24.5 Å². The molecule has 0 saturated heterocycles. The van der Waals surface area contributed by atoms with Gasteiger partial charge >= 0.3 is 5.69 Å². The van der Waals surface area contributed by atoms with Crippen LogP contribution in [0.2, 0.25) is 0 Å². The molecule has 21 heavy (non-hydrogen) atoms. The molecule has 0 aromatic heterocycles. The van der Waals surface area contributed by atoms with Crippen LogP contribution in [0.15, 0.2) is 30.3 Å². The van der Waals surface area contributed by atoms with Crippen LogP contribution in [0.1, 0.15) is 11.1 Å². The van der Waals surface area contributed by atoms with Crippen LogP contribution in [0.5, 0.6) is 0 Å². The first kappa shape index (κ1) is 14.8. The van der Waals surface area contributed by atoms with E-state index in [0.717, 1.165) is 6.07 Å². The number of benzene rings is 2. The van der Waals surface area contributed by atoms with Crippen molar-refractivity contribution in [1.82, 2.24) is 0 Å². The molecule has 1 N–H and O–H groups in total. The molecule has 0 amide bonds. The summed E-state index contributed by atoms with van der Waals surface area (Å²) in [5.41, 5.74) is 0.190. The minimum Gasteiger partial charge on any atom is -0.381 e. The lowest BCUT2D eigenvalue weighted by atomic mass is 10.1. The lowest BCUT2D eigenvalue weighted by Gasteiger charge is -2.09. The van der Waals surface area contributed by atoms with Crippen molar-refractivity contribution >= 4 is 11.4 Å². The lowest BCUT2D eigenvalue weighted by Crippen LogP contribution is -2.05. The molecular weight excluding hydrogens is 285 g/mol. The highest BCUT2D eigenvalue weighted by atomic mass is 19.1. The van der Waals surface area contributed by atoms with Crippen LogP contribution in [0.3, 0.4) is 0 Å². The van der Waals surface area contributed by atoms with E-state index in [9.17, 15) is 23.3 Å². The Balaban J connectivity index is 2.23. The zero-order valence-electron chi connectivity index (χ0n) is 11.0. The Morgan fingerprint density at radius 3 is 2.43 bits per heavy atom. The summed E-state index contributed by atoms with van der Waals surface area (Å²) in [7, 11) is 0. The van der Waals surface area contributed by atoms with E-state index < -0.39 is 28.1 Å². The predicted molar refractivity (Wildman–Crippen MR) is 71.5 cm³/mol. The summed E-state index contributed by atoms with van der Waals surface area (Å²) < 4.78 is 40.0. The number of rotatable bonds is 4. The third kappa shape index (κ3) is 3.50. The zero-order valence-corrected chi connectivity index (χ0v) is 11.0. The molecule has 0 atom stereocenters. The number of hydrogen-bond donors (Lipinski definition) is 1. The smallest absolute Gasteiger partial charge is 0.305 e. The number of halogens is 3. The number of hydrogen-bond acceptors (Lipinski definition) is 3. The van der Waals surface area contributed by atoms with Crippen LogP contribution < -0.4 is 5.32 Å². The fourth-order valence-corrected chi connectivity index (χ4v) is 1.89. The third-order valence-electron chi connectivity index (χ3n) is 2.84. The number of nitrogens with one attached hydrogen (secondary N) is 1. The number of nitro groups is 1. The summed E-state index contributed by atoms with van der Waals surface area (Å²) in [4.78, 5) is 9.70. The van der Waals surface area contributed by atoms with Crippen LogP contribution in [0, 0.1) is 34.5 Å². The molecule has 2 aromatic rings. The predicted octanol–water partition coefficient (Wildman–Crippen LogP) is 3.93. The first-order valence-corrected chi connectivity index (χ1v) is 6.00. The van der Waals surface area contributed by atoms with Crippen LogP contribution >= 0.6 is 0 Å². The summed E-state index contributed by atoms with van der Waals surface area (Å²) >= 11 is 0. The summed E-state index contributed by atoms with van der Waals surface area (Å²) in [6, 6.07) is 5.46. The number of nitrogens with zero attached hydrogens (tertiary/aromatic N) is 1. The average molecular weight is 296 g/mol. The third-order valence-corrected chi connectivity index (χ3v) is 2.84. The van der Waals surface area contributed by atoms with Gasteiger partial charge in [-0.2, -0.15) is 4.39 Å². The molecule has 0 aliphatic carbocycles. The summed E-state index contributed by atoms with van der Waals surface area (Å²) in [5.74, 6) is -2.59. The normalized spacial score (nSPS) is 10.5. The molecule has 0 spiro atoms. The monoisotopic (exact) mass is 296 g/mol. The summed E-state index contributed by atoms with van der Waals surface area (Å²) in [6.45, 7) is 1.56. The molecular formula is C14H11F3N2O2. The maximum Gasteiger partial charge on any atom is 0.305 e. The fourth-order valence-electron chi connectivity index (χ4n) is 1.89. The number of aryl methyl sites for hydroxylation is 1. The highest BCUT2D eigenvalue weighted by Gasteiger charge is 2.18. The molecule has 0 unspecified atom stereocenters. The van der Waals surface area contributed by atoms with Crippen molar-refractivity contribution in [2.75, 3.05) is 5.32 Å². The number of anilines is 1. The van der Waals surface area contributed by atoms with Gasteiger partial charge in [0.05, 0.1) is 4.92 Å². The van der Waals surface area contributed by atoms with Crippen molar-refractivity contribution in [2.24, 2.45) is 0 Å². The topological polar surface area (TPSA) is 55.2 Å². The molecule has 0 aliphatic heterocycles. The van der Waals surface area contributed by atoms with Crippen molar-refractivity contribution in [3.63, 3.8) is 0 Å². The highest BCUT2D eigenvalue weighted by Crippen LogP contribution is 2.22. The molecule has 0 bridgehead atoms. The van der Waals surface area contributed by atoms with Gasteiger partial charge in [-0.05, 0) is 30.7 Å². The van der Waals surface area contributed by atoms with Gasteiger partial charge in [-0.15, -0.1) is 0 Å². The van der Waals surface area contributed by atoms with E-state index in [-0.39, 0.29) is 12.1 Å². The van der Waals surface area contributed by atoms with Gasteiger partial charge in [-0.1, -0.05) is 0 Å². The highest BCUT2D eigenvalue weighted by molar-refractivity contribution is 5.47. The van der Waals surface area contributed by atoms with Gasteiger partial charge in [-0.3, -0.25) is 10.1 Å². The van der Waals surface area contributed by atoms with Gasteiger partial charge in [0, 0.05) is 29.9 Å². The van der Waals surface area contributed by atoms with E-state index in [1.807, 2.05) is 0 Å². The Kier molecular flexibility index (Phi) is 4.11. The van der Waals surface area contributed by atoms with Crippen molar-refractivity contribution in [3.8, 4) is 0 Å². The summed E-state index contributed by atoms with van der Waals surface area (Å²) in [6.07, 6.45) is 0. The van der Waals surface area contributed by atoms with Gasteiger partial charge in [0.15, 0.2) is 0 Å². The molecule has 4 nitrogen and oxygen atoms in total. The molecule has 110 valence electrons. The van der Waals surface area contributed by atoms with Gasteiger partial charge in [-0.25, -0.2) is 8.78 Å². The van der Waals surface area contributed by atoms with Crippen molar-refractivity contribution in [2.45, 2.75) is 13.5 Å². The summed E-state index contributed by atoms with van der Waals surface area (Å²) in [5, 5.41) is 13.4. The SMILES string of the molecule is Cc1cc(F)cc(NCc2cc([N+](=O)[O-])c(F)cc2F)c1. The Morgan fingerprint density at radius 1 is 1.10 bits per heavy atom. The molecule has 2 aromatic carbocycles. The minimum absolute atomic E-state index is 0.0787. The Morgan fingerprint density at radius 2 is 1.81 bits per heavy atom. The molecule has 0 aliphatic rings. The average Bonchev–Trinajstić information content (AvgIpc) is 2.36. The maximum absolute atomic E-state index is 13.6. The first-order valence-electron chi connectivity index (χ1n) is 6.00. The van der Waals surface area contributed by atoms with Crippen molar-refractivity contribution in [1.29, 1.82) is 0 Å². The second kappa shape index (κ2) is 5.82. The Hall–Kier alpha value is -2.57. The van der Waals surface area contributed by atoms with Crippen LogP contribution in [0.25, 0.3) is 0 Å². The van der Waals surface area contributed by atoms with Gasteiger partial charge in [0.1, 0.15) is 11.6 Å². The maximum atomic E-state index is 13.6. The Labute approximate surface area is 118 Å². The second-order valence-corrected chi connectivity index (χ2v) is 4.52. The van der Waals surface area contributed by atoms with E-state index >= 15 is 0 Å². The molecule has 0 heterocycles. The van der Waals surface area contributed by atoms with Gasteiger partial charge in [0.25, 0.3) is 0 Å². The quantitative estimate of drug-likeness (QED) is 0.687. The zero-order chi connectivity index (χ0) is 15.6. The van der Waals surface area contributed by atoms with E-state index in [0.29, 0.717) is 17.3 Å².